The molecule has 2 aromatic carbocycles. The van der Waals surface area contributed by atoms with Crippen LogP contribution in [0.15, 0.2) is 72.1 Å². The average Bonchev–Trinajstić information content (AvgIpc) is 3.17. The minimum atomic E-state index is -4.58. The SMILES string of the molecule is C=C(N)/N=C(\C=C/N)Oc1ccc(-c2nnc(Nc3ccc(Cl)c(C(F)(F)F)c3)[nH]2)cc1. The van der Waals surface area contributed by atoms with E-state index in [1.165, 1.54) is 18.3 Å². The second kappa shape index (κ2) is 9.43. The zero-order valence-corrected chi connectivity index (χ0v) is 17.1. The molecule has 0 radical (unpaired) electrons. The van der Waals surface area contributed by atoms with Crippen LogP contribution in [0.25, 0.3) is 11.4 Å². The third-order valence-corrected chi connectivity index (χ3v) is 4.19. The maximum absolute atomic E-state index is 13.0. The van der Waals surface area contributed by atoms with Gasteiger partial charge >= 0.3 is 6.18 Å². The number of halogens is 4. The molecule has 166 valence electrons. The maximum atomic E-state index is 13.0. The highest BCUT2D eigenvalue weighted by Gasteiger charge is 2.33. The smallest absolute Gasteiger partial charge is 0.417 e. The van der Waals surface area contributed by atoms with E-state index in [0.29, 0.717) is 17.1 Å². The van der Waals surface area contributed by atoms with E-state index in [9.17, 15) is 13.2 Å². The number of H-pyrrole nitrogens is 1. The van der Waals surface area contributed by atoms with E-state index in [-0.39, 0.29) is 23.4 Å². The number of hydrogen-bond acceptors (Lipinski definition) is 7. The van der Waals surface area contributed by atoms with E-state index in [4.69, 9.17) is 27.8 Å². The van der Waals surface area contributed by atoms with E-state index >= 15 is 0 Å². The molecule has 0 aliphatic rings. The fourth-order valence-electron chi connectivity index (χ4n) is 2.52. The molecule has 12 heteroatoms. The first kappa shape index (κ1) is 22.7. The van der Waals surface area contributed by atoms with Crippen LogP contribution in [0.2, 0.25) is 5.02 Å². The number of nitrogens with one attached hydrogen (secondary N) is 2. The predicted octanol–water partition coefficient (Wildman–Crippen LogP) is 4.57. The highest BCUT2D eigenvalue weighted by molar-refractivity contribution is 6.31. The largest absolute Gasteiger partial charge is 0.439 e. The van der Waals surface area contributed by atoms with E-state index < -0.39 is 16.8 Å². The Bertz CT molecular complexity index is 1170. The molecule has 0 saturated carbocycles. The maximum Gasteiger partial charge on any atom is 0.417 e. The van der Waals surface area contributed by atoms with Crippen molar-refractivity contribution in [3.05, 3.63) is 77.7 Å². The summed E-state index contributed by atoms with van der Waals surface area (Å²) in [6, 6.07) is 10.1. The number of anilines is 2. The Morgan fingerprint density at radius 1 is 1.19 bits per heavy atom. The molecule has 0 bridgehead atoms. The van der Waals surface area contributed by atoms with Crippen molar-refractivity contribution in [3.8, 4) is 17.1 Å². The number of benzene rings is 2. The quantitative estimate of drug-likeness (QED) is 0.313. The number of hydrogen-bond donors (Lipinski definition) is 4. The van der Waals surface area contributed by atoms with Gasteiger partial charge in [-0.25, -0.2) is 0 Å². The van der Waals surface area contributed by atoms with E-state index in [2.05, 4.69) is 32.1 Å². The third-order valence-electron chi connectivity index (χ3n) is 3.86. The van der Waals surface area contributed by atoms with Crippen molar-refractivity contribution in [2.45, 2.75) is 6.18 Å². The van der Waals surface area contributed by atoms with Crippen LogP contribution in [0.4, 0.5) is 24.8 Å². The average molecular weight is 464 g/mol. The van der Waals surface area contributed by atoms with Gasteiger partial charge in [-0.3, -0.25) is 0 Å². The van der Waals surface area contributed by atoms with Gasteiger partial charge in [0, 0.05) is 17.3 Å². The molecule has 1 heterocycles. The van der Waals surface area contributed by atoms with Gasteiger partial charge in [-0.2, -0.15) is 18.2 Å². The van der Waals surface area contributed by atoms with Crippen LogP contribution >= 0.6 is 11.6 Å². The molecule has 0 saturated heterocycles. The number of nitrogens with two attached hydrogens (primary N) is 2. The summed E-state index contributed by atoms with van der Waals surface area (Å²) in [6.45, 7) is 3.47. The number of ether oxygens (including phenoxy) is 1. The zero-order valence-electron chi connectivity index (χ0n) is 16.3. The van der Waals surface area contributed by atoms with Gasteiger partial charge in [-0.05, 0) is 48.7 Å². The number of aromatic nitrogens is 3. The first-order valence-electron chi connectivity index (χ1n) is 8.92. The second-order valence-electron chi connectivity index (χ2n) is 6.27. The van der Waals surface area contributed by atoms with Crippen LogP contribution in [0, 0.1) is 0 Å². The first-order valence-corrected chi connectivity index (χ1v) is 9.29. The monoisotopic (exact) mass is 463 g/mol. The molecular weight excluding hydrogens is 447 g/mol. The molecule has 0 aliphatic carbocycles. The van der Waals surface area contributed by atoms with Gasteiger partial charge in [0.2, 0.25) is 11.8 Å². The molecule has 0 fully saturated rings. The molecule has 6 N–H and O–H groups in total. The molecule has 1 aromatic heterocycles. The van der Waals surface area contributed by atoms with Crippen LogP contribution in [0.5, 0.6) is 5.75 Å². The number of aromatic amines is 1. The van der Waals surface area contributed by atoms with Crippen molar-refractivity contribution in [2.75, 3.05) is 5.32 Å². The van der Waals surface area contributed by atoms with Gasteiger partial charge < -0.3 is 26.5 Å². The summed E-state index contributed by atoms with van der Waals surface area (Å²) in [5.74, 6) is 1.19. The lowest BCUT2D eigenvalue weighted by molar-refractivity contribution is -0.137. The van der Waals surface area contributed by atoms with Crippen LogP contribution < -0.4 is 21.5 Å². The second-order valence-corrected chi connectivity index (χ2v) is 6.67. The molecule has 32 heavy (non-hydrogen) atoms. The van der Waals surface area contributed by atoms with Gasteiger partial charge in [0.25, 0.3) is 0 Å². The number of nitrogens with zero attached hydrogens (tertiary/aromatic N) is 3. The van der Waals surface area contributed by atoms with Crippen molar-refractivity contribution in [3.63, 3.8) is 0 Å². The Labute approximate surface area is 185 Å². The molecule has 0 atom stereocenters. The zero-order chi connectivity index (χ0) is 23.3. The summed E-state index contributed by atoms with van der Waals surface area (Å²) in [5.41, 5.74) is 10.6. The lowest BCUT2D eigenvalue weighted by Crippen LogP contribution is -2.08. The minimum Gasteiger partial charge on any atom is -0.439 e. The third kappa shape index (κ3) is 5.79. The van der Waals surface area contributed by atoms with Gasteiger partial charge in [-0.1, -0.05) is 18.2 Å². The Morgan fingerprint density at radius 3 is 2.53 bits per heavy atom. The summed E-state index contributed by atoms with van der Waals surface area (Å²) in [6.07, 6.45) is -1.91. The van der Waals surface area contributed by atoms with Gasteiger partial charge in [-0.15, -0.1) is 10.2 Å². The molecule has 0 spiro atoms. The number of aliphatic imine (C=N–C) groups is 1. The predicted molar refractivity (Wildman–Crippen MR) is 116 cm³/mol. The highest BCUT2D eigenvalue weighted by Crippen LogP contribution is 2.36. The molecule has 0 amide bonds. The molecule has 0 unspecified atom stereocenters. The fraction of sp³-hybridized carbons (Fsp3) is 0.0500. The Balaban J connectivity index is 1.74. The van der Waals surface area contributed by atoms with Crippen molar-refractivity contribution >= 4 is 29.1 Å². The Kier molecular flexibility index (Phi) is 6.69. The topological polar surface area (TPSA) is 127 Å². The van der Waals surface area contributed by atoms with Gasteiger partial charge in [0.15, 0.2) is 5.82 Å². The molecule has 3 rings (SSSR count). The van der Waals surface area contributed by atoms with Crippen molar-refractivity contribution in [2.24, 2.45) is 16.5 Å². The summed E-state index contributed by atoms with van der Waals surface area (Å²) in [7, 11) is 0. The lowest BCUT2D eigenvalue weighted by atomic mass is 10.2. The van der Waals surface area contributed by atoms with Gasteiger partial charge in [0.05, 0.1) is 10.6 Å². The Hall–Kier alpha value is -3.99. The molecule has 0 aliphatic heterocycles. The number of rotatable bonds is 6. The molecule has 8 nitrogen and oxygen atoms in total. The summed E-state index contributed by atoms with van der Waals surface area (Å²) >= 11 is 5.63. The van der Waals surface area contributed by atoms with Crippen LogP contribution in [-0.4, -0.2) is 21.1 Å². The highest BCUT2D eigenvalue weighted by atomic mass is 35.5. The van der Waals surface area contributed by atoms with Crippen LogP contribution in [0.3, 0.4) is 0 Å². The normalized spacial score (nSPS) is 12.2. The van der Waals surface area contributed by atoms with E-state index in [0.717, 1.165) is 12.1 Å². The van der Waals surface area contributed by atoms with Crippen molar-refractivity contribution < 1.29 is 17.9 Å². The number of alkyl halides is 3. The van der Waals surface area contributed by atoms with Crippen molar-refractivity contribution in [1.82, 2.24) is 15.2 Å². The Morgan fingerprint density at radius 2 is 1.91 bits per heavy atom. The standard InChI is InChI=1S/C20H17ClF3N7O/c1-11(26)27-17(8-9-25)32-14-5-2-12(3-6-14)18-29-19(31-30-18)28-13-4-7-16(21)15(10-13)20(22,23)24/h2-10H,1,25-26H2,(H2,28,29,30,31)/b9-8-,27-17+. The van der Waals surface area contributed by atoms with Crippen molar-refractivity contribution in [1.29, 1.82) is 0 Å². The van der Waals surface area contributed by atoms with E-state index in [1.807, 2.05) is 0 Å². The molecule has 3 aromatic rings. The summed E-state index contributed by atoms with van der Waals surface area (Å²) < 4.78 is 44.6. The summed E-state index contributed by atoms with van der Waals surface area (Å²) in [4.78, 5) is 6.80. The summed E-state index contributed by atoms with van der Waals surface area (Å²) in [5, 5.41) is 10.2. The van der Waals surface area contributed by atoms with E-state index in [1.54, 1.807) is 24.3 Å². The molecular formula is C20H17ClF3N7O. The van der Waals surface area contributed by atoms with Gasteiger partial charge in [0.1, 0.15) is 11.6 Å². The fourth-order valence-corrected chi connectivity index (χ4v) is 2.75. The lowest BCUT2D eigenvalue weighted by Gasteiger charge is -2.11. The van der Waals surface area contributed by atoms with Crippen LogP contribution in [0.1, 0.15) is 5.56 Å². The first-order chi connectivity index (χ1) is 15.2. The van der Waals surface area contributed by atoms with Crippen LogP contribution in [-0.2, 0) is 6.18 Å². The minimum absolute atomic E-state index is 0.0550.